The molecule has 1 N–H and O–H groups in total. The number of hydrogen-bond acceptors (Lipinski definition) is 4. The summed E-state index contributed by atoms with van der Waals surface area (Å²) in [6.07, 6.45) is 5.02. The third kappa shape index (κ3) is 4.18. The molecule has 2 heterocycles. The summed E-state index contributed by atoms with van der Waals surface area (Å²) in [4.78, 5) is 30.0. The zero-order valence-corrected chi connectivity index (χ0v) is 21.5. The molecule has 0 atom stereocenters. The van der Waals surface area contributed by atoms with Gasteiger partial charge in [-0.05, 0) is 100 Å². The summed E-state index contributed by atoms with van der Waals surface area (Å²) in [5, 5.41) is 2.77. The fraction of sp³-hybridized carbons (Fsp3) is 0.321. The second-order valence-corrected chi connectivity index (χ2v) is 10.0. The zero-order chi connectivity index (χ0) is 24.8. The third-order valence-corrected chi connectivity index (χ3v) is 6.79. The molecule has 1 fully saturated rings. The Bertz CT molecular complexity index is 1260. The molecule has 2 aliphatic rings. The van der Waals surface area contributed by atoms with Crippen LogP contribution in [0.2, 0.25) is 0 Å². The minimum atomic E-state index is -0.475. The summed E-state index contributed by atoms with van der Waals surface area (Å²) in [5.74, 6) is -0.896. The molecule has 0 unspecified atom stereocenters. The predicted octanol–water partition coefficient (Wildman–Crippen LogP) is 5.55. The number of amides is 2. The van der Waals surface area contributed by atoms with Crippen molar-refractivity contribution in [1.29, 1.82) is 0 Å². The van der Waals surface area contributed by atoms with E-state index in [0.717, 1.165) is 35.2 Å². The minimum Gasteiger partial charge on any atom is -0.362 e. The number of anilines is 2. The molecule has 34 heavy (non-hydrogen) atoms. The summed E-state index contributed by atoms with van der Waals surface area (Å²) in [6.45, 7) is 13.7. The molecule has 0 bridgehead atoms. The van der Waals surface area contributed by atoms with Crippen LogP contribution in [0.4, 0.5) is 11.4 Å². The van der Waals surface area contributed by atoms with Crippen LogP contribution in [0, 0.1) is 13.8 Å². The first-order valence-electron chi connectivity index (χ1n) is 11.6. The first kappa shape index (κ1) is 23.9. The van der Waals surface area contributed by atoms with Gasteiger partial charge in [0, 0.05) is 17.8 Å². The lowest BCUT2D eigenvalue weighted by Gasteiger charge is -2.43. The number of fused-ring (bicyclic) bond motifs is 1. The van der Waals surface area contributed by atoms with Gasteiger partial charge in [-0.25, -0.2) is 0 Å². The number of nitrogens with zero attached hydrogens (tertiary/aromatic N) is 2. The Morgan fingerprint density at radius 3 is 2.38 bits per heavy atom. The molecule has 0 spiro atoms. The lowest BCUT2D eigenvalue weighted by atomic mass is 9.86. The Labute approximate surface area is 207 Å². The van der Waals surface area contributed by atoms with Gasteiger partial charge in [0.25, 0.3) is 11.8 Å². The average molecular weight is 474 g/mol. The van der Waals surface area contributed by atoms with Crippen LogP contribution < -0.4 is 15.1 Å². The Morgan fingerprint density at radius 1 is 1.06 bits per heavy atom. The van der Waals surface area contributed by atoms with Crippen LogP contribution in [0.3, 0.4) is 0 Å². The van der Waals surface area contributed by atoms with Gasteiger partial charge >= 0.3 is 0 Å². The van der Waals surface area contributed by atoms with Gasteiger partial charge in [0.2, 0.25) is 0 Å². The standard InChI is InChI=1S/C28H31N3O2S/c1-7-12-30-24-13-18(3)20(14-22(24)19(4)16-28(30,5)6)15-23-25(32)29-27(34)31(26(23)33)21-10-8-17(2)9-11-21/h8-11,13-16H,7,12H2,1-6H3,(H,29,32,34)/b23-15-. The number of nitrogens with one attached hydrogen (secondary N) is 1. The number of aryl methyl sites for hydroxylation is 2. The molecule has 0 aliphatic carbocycles. The lowest BCUT2D eigenvalue weighted by molar-refractivity contribution is -0.122. The van der Waals surface area contributed by atoms with Gasteiger partial charge in [-0.1, -0.05) is 30.7 Å². The zero-order valence-electron chi connectivity index (χ0n) is 20.7. The fourth-order valence-electron chi connectivity index (χ4n) is 4.77. The smallest absolute Gasteiger partial charge is 0.270 e. The quantitative estimate of drug-likeness (QED) is 0.360. The van der Waals surface area contributed by atoms with Crippen LogP contribution in [-0.2, 0) is 9.59 Å². The van der Waals surface area contributed by atoms with Gasteiger partial charge in [-0.2, -0.15) is 0 Å². The van der Waals surface area contributed by atoms with E-state index < -0.39 is 11.8 Å². The van der Waals surface area contributed by atoms with E-state index in [9.17, 15) is 9.59 Å². The van der Waals surface area contributed by atoms with Crippen molar-refractivity contribution in [3.63, 3.8) is 0 Å². The van der Waals surface area contributed by atoms with Crippen molar-refractivity contribution in [2.75, 3.05) is 16.3 Å². The largest absolute Gasteiger partial charge is 0.362 e. The molecule has 2 aromatic carbocycles. The Kier molecular flexibility index (Phi) is 6.21. The predicted molar refractivity (Wildman–Crippen MR) is 144 cm³/mol. The van der Waals surface area contributed by atoms with Crippen molar-refractivity contribution in [3.8, 4) is 0 Å². The lowest BCUT2D eigenvalue weighted by Crippen LogP contribution is -2.54. The molecule has 4 rings (SSSR count). The average Bonchev–Trinajstić information content (AvgIpc) is 2.75. The van der Waals surface area contributed by atoms with Crippen LogP contribution in [0.1, 0.15) is 56.4 Å². The molecule has 5 nitrogen and oxygen atoms in total. The molecule has 0 radical (unpaired) electrons. The molecule has 176 valence electrons. The maximum absolute atomic E-state index is 13.4. The Morgan fingerprint density at radius 2 is 1.74 bits per heavy atom. The van der Waals surface area contributed by atoms with E-state index in [2.05, 4.69) is 56.1 Å². The first-order chi connectivity index (χ1) is 16.0. The highest BCUT2D eigenvalue weighted by Crippen LogP contribution is 2.40. The molecule has 2 aliphatic heterocycles. The monoisotopic (exact) mass is 473 g/mol. The van der Waals surface area contributed by atoms with E-state index in [1.165, 1.54) is 16.2 Å². The number of rotatable bonds is 4. The highest BCUT2D eigenvalue weighted by molar-refractivity contribution is 7.80. The van der Waals surface area contributed by atoms with Crippen LogP contribution in [0.5, 0.6) is 0 Å². The maximum atomic E-state index is 13.4. The first-order valence-corrected chi connectivity index (χ1v) is 12.0. The SMILES string of the molecule is CCCN1c2cc(C)c(/C=C3/C(=O)NC(=S)N(c4ccc(C)cc4)C3=O)cc2C(C)=CC1(C)C. The van der Waals surface area contributed by atoms with Gasteiger partial charge in [0.15, 0.2) is 5.11 Å². The molecule has 0 aromatic heterocycles. The summed E-state index contributed by atoms with van der Waals surface area (Å²) >= 11 is 5.33. The summed E-state index contributed by atoms with van der Waals surface area (Å²) in [6, 6.07) is 11.7. The molecular weight excluding hydrogens is 442 g/mol. The van der Waals surface area contributed by atoms with Crippen molar-refractivity contribution in [1.82, 2.24) is 5.32 Å². The van der Waals surface area contributed by atoms with E-state index in [-0.39, 0.29) is 16.2 Å². The van der Waals surface area contributed by atoms with E-state index >= 15 is 0 Å². The van der Waals surface area contributed by atoms with Crippen molar-refractivity contribution in [3.05, 3.63) is 70.3 Å². The number of hydrogen-bond donors (Lipinski definition) is 1. The van der Waals surface area contributed by atoms with E-state index in [0.29, 0.717) is 5.69 Å². The number of allylic oxidation sites excluding steroid dienone is 1. The third-order valence-electron chi connectivity index (χ3n) is 6.51. The van der Waals surface area contributed by atoms with E-state index in [4.69, 9.17) is 12.2 Å². The Hall–Kier alpha value is -3.25. The number of thiocarbonyl (C=S) groups is 1. The van der Waals surface area contributed by atoms with Crippen molar-refractivity contribution >= 4 is 52.2 Å². The number of benzene rings is 2. The van der Waals surface area contributed by atoms with Crippen LogP contribution in [0.15, 0.2) is 48.0 Å². The highest BCUT2D eigenvalue weighted by Gasteiger charge is 2.35. The normalized spacial score (nSPS) is 18.7. The van der Waals surface area contributed by atoms with Crippen molar-refractivity contribution in [2.45, 2.75) is 53.5 Å². The Balaban J connectivity index is 1.78. The molecule has 6 heteroatoms. The van der Waals surface area contributed by atoms with Crippen LogP contribution in [-0.4, -0.2) is 29.0 Å². The van der Waals surface area contributed by atoms with Gasteiger partial charge in [0.1, 0.15) is 5.57 Å². The summed E-state index contributed by atoms with van der Waals surface area (Å²) < 4.78 is 0. The van der Waals surface area contributed by atoms with Crippen molar-refractivity contribution < 1.29 is 9.59 Å². The summed E-state index contributed by atoms with van der Waals surface area (Å²) in [7, 11) is 0. The van der Waals surface area contributed by atoms with Crippen LogP contribution in [0.25, 0.3) is 11.6 Å². The highest BCUT2D eigenvalue weighted by atomic mass is 32.1. The van der Waals surface area contributed by atoms with Gasteiger partial charge in [-0.3, -0.25) is 19.8 Å². The molecule has 1 saturated heterocycles. The number of carbonyl (C=O) groups excluding carboxylic acids is 2. The van der Waals surface area contributed by atoms with Crippen LogP contribution >= 0.6 is 12.2 Å². The maximum Gasteiger partial charge on any atom is 0.270 e. The number of carbonyl (C=O) groups is 2. The van der Waals surface area contributed by atoms with E-state index in [1.54, 1.807) is 6.08 Å². The fourth-order valence-corrected chi connectivity index (χ4v) is 5.05. The van der Waals surface area contributed by atoms with Gasteiger partial charge in [0.05, 0.1) is 11.2 Å². The molecular formula is C28H31N3O2S. The second kappa shape index (κ2) is 8.84. The second-order valence-electron chi connectivity index (χ2n) is 9.65. The molecule has 2 amide bonds. The molecule has 0 saturated carbocycles. The summed E-state index contributed by atoms with van der Waals surface area (Å²) in [5.41, 5.74) is 7.05. The topological polar surface area (TPSA) is 52.7 Å². The van der Waals surface area contributed by atoms with Gasteiger partial charge < -0.3 is 4.90 Å². The minimum absolute atomic E-state index is 0.0698. The van der Waals surface area contributed by atoms with Crippen molar-refractivity contribution in [2.24, 2.45) is 0 Å². The molecule has 2 aromatic rings. The van der Waals surface area contributed by atoms with E-state index in [1.807, 2.05) is 38.1 Å². The van der Waals surface area contributed by atoms with Gasteiger partial charge in [-0.15, -0.1) is 0 Å².